The summed E-state index contributed by atoms with van der Waals surface area (Å²) in [5.41, 5.74) is 2.46. The Morgan fingerprint density at radius 1 is 1.05 bits per heavy atom. The lowest BCUT2D eigenvalue weighted by Gasteiger charge is -2.09. The van der Waals surface area contributed by atoms with Crippen LogP contribution in [0.4, 0.5) is 10.1 Å². The summed E-state index contributed by atoms with van der Waals surface area (Å²) >= 11 is 11.9. The molecule has 1 N–H and O–H groups in total. The van der Waals surface area contributed by atoms with Gasteiger partial charge in [-0.25, -0.2) is 9.37 Å². The van der Waals surface area contributed by atoms with Gasteiger partial charge < -0.3 is 5.32 Å². The minimum absolute atomic E-state index is 0.0859. The van der Waals surface area contributed by atoms with Crippen LogP contribution >= 0.6 is 23.2 Å². The Labute approximate surface area is 131 Å². The quantitative estimate of drug-likeness (QED) is 0.663. The second-order valence-electron chi connectivity index (χ2n) is 4.61. The lowest BCUT2D eigenvalue weighted by Crippen LogP contribution is -2.01. The molecule has 0 aliphatic rings. The molecule has 0 saturated heterocycles. The average molecular weight is 321 g/mol. The fourth-order valence-electron chi connectivity index (χ4n) is 2.06. The maximum absolute atomic E-state index is 13.1. The fraction of sp³-hybridized carbons (Fsp3) is 0.0625. The zero-order valence-electron chi connectivity index (χ0n) is 10.9. The summed E-state index contributed by atoms with van der Waals surface area (Å²) in [7, 11) is 0. The average Bonchev–Trinajstić information content (AvgIpc) is 2.48. The third-order valence-corrected chi connectivity index (χ3v) is 3.77. The highest BCUT2D eigenvalue weighted by molar-refractivity contribution is 6.31. The van der Waals surface area contributed by atoms with E-state index in [2.05, 4.69) is 10.3 Å². The zero-order valence-corrected chi connectivity index (χ0v) is 12.4. The molecule has 21 heavy (non-hydrogen) atoms. The molecule has 0 fully saturated rings. The second-order valence-corrected chi connectivity index (χ2v) is 5.38. The molecule has 106 valence electrons. The SMILES string of the molecule is Fc1ccc(NCc2cc3ccccc3nc2Cl)cc1Cl. The molecule has 0 spiro atoms. The van der Waals surface area contributed by atoms with E-state index in [1.54, 1.807) is 12.1 Å². The third kappa shape index (κ3) is 3.09. The molecule has 0 unspecified atom stereocenters. The van der Waals surface area contributed by atoms with Gasteiger partial charge in [0.05, 0.1) is 10.5 Å². The standard InChI is InChI=1S/C16H11Cl2FN2/c17-13-8-12(5-6-14(13)19)20-9-11-7-10-3-1-2-4-15(10)21-16(11)18/h1-8,20H,9H2. The number of hydrogen-bond acceptors (Lipinski definition) is 2. The number of halogens is 3. The normalized spacial score (nSPS) is 10.8. The number of benzene rings is 2. The van der Waals surface area contributed by atoms with Crippen molar-refractivity contribution in [3.8, 4) is 0 Å². The van der Waals surface area contributed by atoms with E-state index < -0.39 is 5.82 Å². The molecule has 0 saturated carbocycles. The Kier molecular flexibility index (Phi) is 3.95. The molecule has 3 aromatic rings. The number of anilines is 1. The van der Waals surface area contributed by atoms with Crippen LogP contribution in [0.3, 0.4) is 0 Å². The number of nitrogens with one attached hydrogen (secondary N) is 1. The van der Waals surface area contributed by atoms with Gasteiger partial charge in [-0.3, -0.25) is 0 Å². The number of pyridine rings is 1. The van der Waals surface area contributed by atoms with Crippen LogP contribution in [0.15, 0.2) is 48.5 Å². The van der Waals surface area contributed by atoms with Crippen LogP contribution < -0.4 is 5.32 Å². The summed E-state index contributed by atoms with van der Waals surface area (Å²) in [5.74, 6) is -0.437. The minimum atomic E-state index is -0.437. The van der Waals surface area contributed by atoms with Gasteiger partial charge in [-0.15, -0.1) is 0 Å². The van der Waals surface area contributed by atoms with Crippen LogP contribution in [0.2, 0.25) is 10.2 Å². The number of rotatable bonds is 3. The molecule has 0 atom stereocenters. The Hall–Kier alpha value is -1.84. The van der Waals surface area contributed by atoms with Crippen molar-refractivity contribution >= 4 is 39.8 Å². The molecule has 2 nitrogen and oxygen atoms in total. The predicted molar refractivity (Wildman–Crippen MR) is 85.5 cm³/mol. The van der Waals surface area contributed by atoms with E-state index in [1.807, 2.05) is 30.3 Å². The van der Waals surface area contributed by atoms with Crippen molar-refractivity contribution in [2.75, 3.05) is 5.32 Å². The number of fused-ring (bicyclic) bond motifs is 1. The first-order valence-electron chi connectivity index (χ1n) is 6.36. The largest absolute Gasteiger partial charge is 0.381 e. The monoisotopic (exact) mass is 320 g/mol. The number of hydrogen-bond donors (Lipinski definition) is 1. The highest BCUT2D eigenvalue weighted by atomic mass is 35.5. The van der Waals surface area contributed by atoms with E-state index in [9.17, 15) is 4.39 Å². The van der Waals surface area contributed by atoms with Crippen molar-refractivity contribution in [1.82, 2.24) is 4.98 Å². The Morgan fingerprint density at radius 2 is 1.86 bits per heavy atom. The van der Waals surface area contributed by atoms with Crippen LogP contribution in [0, 0.1) is 5.82 Å². The molecule has 0 aliphatic heterocycles. The lowest BCUT2D eigenvalue weighted by molar-refractivity contribution is 0.628. The summed E-state index contributed by atoms with van der Waals surface area (Å²) in [5, 5.41) is 4.72. The molecule has 3 rings (SSSR count). The Bertz CT molecular complexity index is 805. The smallest absolute Gasteiger partial charge is 0.141 e. The number of para-hydroxylation sites is 1. The van der Waals surface area contributed by atoms with Gasteiger partial charge in [0.1, 0.15) is 11.0 Å². The summed E-state index contributed by atoms with van der Waals surface area (Å²) in [4.78, 5) is 4.36. The van der Waals surface area contributed by atoms with Gasteiger partial charge in [-0.2, -0.15) is 0 Å². The van der Waals surface area contributed by atoms with E-state index in [4.69, 9.17) is 23.2 Å². The molecule has 0 bridgehead atoms. The number of nitrogens with zero attached hydrogens (tertiary/aromatic N) is 1. The van der Waals surface area contributed by atoms with Crippen molar-refractivity contribution in [3.63, 3.8) is 0 Å². The molecular formula is C16H11Cl2FN2. The van der Waals surface area contributed by atoms with Gasteiger partial charge in [0.15, 0.2) is 0 Å². The maximum atomic E-state index is 13.1. The van der Waals surface area contributed by atoms with Crippen LogP contribution in [0.25, 0.3) is 10.9 Å². The van der Waals surface area contributed by atoms with Crippen LogP contribution in [0.5, 0.6) is 0 Å². The molecule has 1 aromatic heterocycles. The van der Waals surface area contributed by atoms with Crippen LogP contribution in [-0.4, -0.2) is 4.98 Å². The van der Waals surface area contributed by atoms with Crippen molar-refractivity contribution < 1.29 is 4.39 Å². The highest BCUT2D eigenvalue weighted by Gasteiger charge is 2.06. The molecule has 2 aromatic carbocycles. The van der Waals surface area contributed by atoms with Gasteiger partial charge in [0, 0.05) is 23.2 Å². The van der Waals surface area contributed by atoms with Gasteiger partial charge >= 0.3 is 0 Å². The first kappa shape index (κ1) is 14.1. The summed E-state index contributed by atoms with van der Waals surface area (Å²) in [6.45, 7) is 0.485. The van der Waals surface area contributed by atoms with Crippen molar-refractivity contribution in [2.24, 2.45) is 0 Å². The topological polar surface area (TPSA) is 24.9 Å². The lowest BCUT2D eigenvalue weighted by atomic mass is 10.1. The fourth-order valence-corrected chi connectivity index (χ4v) is 2.46. The highest BCUT2D eigenvalue weighted by Crippen LogP contribution is 2.23. The van der Waals surface area contributed by atoms with Crippen LogP contribution in [0.1, 0.15) is 5.56 Å². The molecule has 1 heterocycles. The van der Waals surface area contributed by atoms with E-state index >= 15 is 0 Å². The minimum Gasteiger partial charge on any atom is -0.381 e. The molecule has 0 amide bonds. The Balaban J connectivity index is 1.84. The van der Waals surface area contributed by atoms with Crippen molar-refractivity contribution in [1.29, 1.82) is 0 Å². The van der Waals surface area contributed by atoms with E-state index in [0.717, 1.165) is 22.2 Å². The van der Waals surface area contributed by atoms with E-state index in [1.165, 1.54) is 6.07 Å². The van der Waals surface area contributed by atoms with Crippen molar-refractivity contribution in [2.45, 2.75) is 6.54 Å². The van der Waals surface area contributed by atoms with E-state index in [0.29, 0.717) is 11.7 Å². The van der Waals surface area contributed by atoms with Crippen molar-refractivity contribution in [3.05, 3.63) is 70.1 Å². The molecule has 0 radical (unpaired) electrons. The zero-order chi connectivity index (χ0) is 14.8. The summed E-state index contributed by atoms with van der Waals surface area (Å²) in [6.07, 6.45) is 0. The summed E-state index contributed by atoms with van der Waals surface area (Å²) < 4.78 is 13.1. The predicted octanol–water partition coefficient (Wildman–Crippen LogP) is 5.29. The maximum Gasteiger partial charge on any atom is 0.141 e. The molecular weight excluding hydrogens is 310 g/mol. The second kappa shape index (κ2) is 5.88. The van der Waals surface area contributed by atoms with Gasteiger partial charge in [0.25, 0.3) is 0 Å². The first-order chi connectivity index (χ1) is 10.1. The number of aromatic nitrogens is 1. The van der Waals surface area contributed by atoms with Gasteiger partial charge in [-0.1, -0.05) is 41.4 Å². The molecule has 5 heteroatoms. The Morgan fingerprint density at radius 3 is 2.67 bits per heavy atom. The summed E-state index contributed by atoms with van der Waals surface area (Å²) in [6, 6.07) is 14.3. The van der Waals surface area contributed by atoms with Crippen LogP contribution in [-0.2, 0) is 6.54 Å². The third-order valence-electron chi connectivity index (χ3n) is 3.15. The first-order valence-corrected chi connectivity index (χ1v) is 7.12. The van der Waals surface area contributed by atoms with E-state index in [-0.39, 0.29) is 5.02 Å². The molecule has 0 aliphatic carbocycles. The van der Waals surface area contributed by atoms with Gasteiger partial charge in [-0.05, 0) is 30.3 Å². The van der Waals surface area contributed by atoms with Gasteiger partial charge in [0.2, 0.25) is 0 Å².